The molecule has 4 heteroatoms. The molecule has 3 nitrogen and oxygen atoms in total. The standard InChI is InChI=1S/C13H19NO2S/c1-11-3-5-12(6-4-11)9-14(2)13-7-8-17(15,16)10-13/h3-6,13H,7-10H2,1-2H3. The van der Waals surface area contributed by atoms with Crippen molar-refractivity contribution in [3.05, 3.63) is 35.4 Å². The van der Waals surface area contributed by atoms with Gasteiger partial charge < -0.3 is 0 Å². The van der Waals surface area contributed by atoms with Crippen LogP contribution in [0.2, 0.25) is 0 Å². The first kappa shape index (κ1) is 12.6. The minimum Gasteiger partial charge on any atom is -0.298 e. The minimum absolute atomic E-state index is 0.182. The molecule has 0 N–H and O–H groups in total. The molecule has 1 aromatic carbocycles. The van der Waals surface area contributed by atoms with Crippen LogP contribution in [0.3, 0.4) is 0 Å². The van der Waals surface area contributed by atoms with Crippen molar-refractivity contribution in [2.45, 2.75) is 25.9 Å². The summed E-state index contributed by atoms with van der Waals surface area (Å²) in [6, 6.07) is 8.58. The van der Waals surface area contributed by atoms with Crippen molar-refractivity contribution in [3.8, 4) is 0 Å². The lowest BCUT2D eigenvalue weighted by Gasteiger charge is -2.23. The first-order valence-electron chi connectivity index (χ1n) is 5.92. The molecule has 0 saturated carbocycles. The van der Waals surface area contributed by atoms with Crippen LogP contribution in [0.15, 0.2) is 24.3 Å². The van der Waals surface area contributed by atoms with Gasteiger partial charge in [0.05, 0.1) is 11.5 Å². The highest BCUT2D eigenvalue weighted by molar-refractivity contribution is 7.91. The molecule has 0 amide bonds. The van der Waals surface area contributed by atoms with Gasteiger partial charge >= 0.3 is 0 Å². The topological polar surface area (TPSA) is 37.4 Å². The molecule has 1 aromatic rings. The fourth-order valence-corrected chi connectivity index (χ4v) is 4.04. The van der Waals surface area contributed by atoms with Crippen molar-refractivity contribution in [1.29, 1.82) is 0 Å². The normalized spacial score (nSPS) is 23.1. The highest BCUT2D eigenvalue weighted by Crippen LogP contribution is 2.18. The van der Waals surface area contributed by atoms with Crippen LogP contribution in [0.4, 0.5) is 0 Å². The molecule has 0 spiro atoms. The van der Waals surface area contributed by atoms with Crippen molar-refractivity contribution < 1.29 is 8.42 Å². The van der Waals surface area contributed by atoms with Crippen molar-refractivity contribution in [2.75, 3.05) is 18.6 Å². The molecule has 1 fully saturated rings. The highest BCUT2D eigenvalue weighted by Gasteiger charge is 2.30. The SMILES string of the molecule is Cc1ccc(CN(C)C2CCS(=O)(=O)C2)cc1. The van der Waals surface area contributed by atoms with E-state index in [0.717, 1.165) is 13.0 Å². The van der Waals surface area contributed by atoms with E-state index in [4.69, 9.17) is 0 Å². The summed E-state index contributed by atoms with van der Waals surface area (Å²) >= 11 is 0. The van der Waals surface area contributed by atoms with Crippen molar-refractivity contribution >= 4 is 9.84 Å². The molecular formula is C13H19NO2S. The third-order valence-electron chi connectivity index (χ3n) is 3.38. The Kier molecular flexibility index (Phi) is 3.54. The van der Waals surface area contributed by atoms with E-state index in [0.29, 0.717) is 11.5 Å². The first-order valence-corrected chi connectivity index (χ1v) is 7.75. The Morgan fingerprint density at radius 3 is 2.47 bits per heavy atom. The molecule has 94 valence electrons. The zero-order chi connectivity index (χ0) is 12.5. The molecule has 1 atom stereocenters. The molecule has 1 aliphatic heterocycles. The van der Waals surface area contributed by atoms with Crippen LogP contribution in [-0.4, -0.2) is 37.9 Å². The van der Waals surface area contributed by atoms with E-state index in [2.05, 4.69) is 36.1 Å². The lowest BCUT2D eigenvalue weighted by Crippen LogP contribution is -2.32. The van der Waals surface area contributed by atoms with Crippen molar-refractivity contribution in [1.82, 2.24) is 4.90 Å². The molecule has 0 radical (unpaired) electrons. The van der Waals surface area contributed by atoms with Gasteiger partial charge in [-0.3, -0.25) is 4.90 Å². The Bertz CT molecular complexity index is 479. The molecular weight excluding hydrogens is 234 g/mol. The highest BCUT2D eigenvalue weighted by atomic mass is 32.2. The average molecular weight is 253 g/mol. The van der Waals surface area contributed by atoms with Gasteiger partial charge in [-0.05, 0) is 26.0 Å². The molecule has 1 saturated heterocycles. The molecule has 0 bridgehead atoms. The molecule has 0 aromatic heterocycles. The van der Waals surface area contributed by atoms with Crippen LogP contribution < -0.4 is 0 Å². The smallest absolute Gasteiger partial charge is 0.151 e. The summed E-state index contributed by atoms with van der Waals surface area (Å²) in [5, 5.41) is 0. The predicted molar refractivity (Wildman–Crippen MR) is 69.7 cm³/mol. The monoisotopic (exact) mass is 253 g/mol. The van der Waals surface area contributed by atoms with E-state index in [1.807, 2.05) is 7.05 Å². The Hall–Kier alpha value is -0.870. The summed E-state index contributed by atoms with van der Waals surface area (Å²) in [7, 11) is -0.776. The summed E-state index contributed by atoms with van der Waals surface area (Å²) in [6.07, 6.45) is 0.769. The van der Waals surface area contributed by atoms with Gasteiger partial charge in [0.25, 0.3) is 0 Å². The predicted octanol–water partition coefficient (Wildman–Crippen LogP) is 1.61. The molecule has 0 aliphatic carbocycles. The average Bonchev–Trinajstić information content (AvgIpc) is 2.62. The van der Waals surface area contributed by atoms with E-state index < -0.39 is 9.84 Å². The molecule has 1 heterocycles. The lowest BCUT2D eigenvalue weighted by atomic mass is 10.1. The summed E-state index contributed by atoms with van der Waals surface area (Å²) in [5.74, 6) is 0.658. The van der Waals surface area contributed by atoms with Gasteiger partial charge in [-0.1, -0.05) is 29.8 Å². The zero-order valence-electron chi connectivity index (χ0n) is 10.4. The number of hydrogen-bond acceptors (Lipinski definition) is 3. The van der Waals surface area contributed by atoms with Gasteiger partial charge in [-0.25, -0.2) is 8.42 Å². The molecule has 1 aliphatic rings. The van der Waals surface area contributed by atoms with Gasteiger partial charge in [0.2, 0.25) is 0 Å². The van der Waals surface area contributed by atoms with Gasteiger partial charge in [-0.15, -0.1) is 0 Å². The number of nitrogens with zero attached hydrogens (tertiary/aromatic N) is 1. The Morgan fingerprint density at radius 2 is 1.94 bits per heavy atom. The van der Waals surface area contributed by atoms with Gasteiger partial charge in [-0.2, -0.15) is 0 Å². The maximum absolute atomic E-state index is 11.4. The lowest BCUT2D eigenvalue weighted by molar-refractivity contribution is 0.254. The summed E-state index contributed by atoms with van der Waals surface area (Å²) in [5.41, 5.74) is 2.49. The second-order valence-electron chi connectivity index (χ2n) is 4.96. The number of benzene rings is 1. The summed E-state index contributed by atoms with van der Waals surface area (Å²) < 4.78 is 22.8. The fraction of sp³-hybridized carbons (Fsp3) is 0.538. The van der Waals surface area contributed by atoms with Gasteiger partial charge in [0.1, 0.15) is 0 Å². The third-order valence-corrected chi connectivity index (χ3v) is 5.13. The van der Waals surface area contributed by atoms with E-state index >= 15 is 0 Å². The first-order chi connectivity index (χ1) is 7.96. The summed E-state index contributed by atoms with van der Waals surface area (Å²) in [4.78, 5) is 2.15. The van der Waals surface area contributed by atoms with E-state index in [1.54, 1.807) is 0 Å². The van der Waals surface area contributed by atoms with Crippen LogP contribution in [0, 0.1) is 6.92 Å². The van der Waals surface area contributed by atoms with Crippen molar-refractivity contribution in [3.63, 3.8) is 0 Å². The number of hydrogen-bond donors (Lipinski definition) is 0. The fourth-order valence-electron chi connectivity index (χ4n) is 2.23. The quantitative estimate of drug-likeness (QED) is 0.821. The van der Waals surface area contributed by atoms with E-state index in [9.17, 15) is 8.42 Å². The van der Waals surface area contributed by atoms with Crippen LogP contribution in [-0.2, 0) is 16.4 Å². The number of rotatable bonds is 3. The van der Waals surface area contributed by atoms with Gasteiger partial charge in [0, 0.05) is 12.6 Å². The van der Waals surface area contributed by atoms with Crippen LogP contribution in [0.5, 0.6) is 0 Å². The maximum atomic E-state index is 11.4. The molecule has 2 rings (SSSR count). The maximum Gasteiger partial charge on any atom is 0.151 e. The van der Waals surface area contributed by atoms with Crippen LogP contribution >= 0.6 is 0 Å². The summed E-state index contributed by atoms with van der Waals surface area (Å²) in [6.45, 7) is 2.89. The zero-order valence-corrected chi connectivity index (χ0v) is 11.2. The van der Waals surface area contributed by atoms with Crippen molar-refractivity contribution in [2.24, 2.45) is 0 Å². The largest absolute Gasteiger partial charge is 0.298 e. The Labute approximate surface area is 103 Å². The number of aryl methyl sites for hydroxylation is 1. The van der Waals surface area contributed by atoms with Gasteiger partial charge in [0.15, 0.2) is 9.84 Å². The minimum atomic E-state index is -2.78. The molecule has 17 heavy (non-hydrogen) atoms. The van der Waals surface area contributed by atoms with E-state index in [-0.39, 0.29) is 6.04 Å². The van der Waals surface area contributed by atoms with Crippen LogP contribution in [0.1, 0.15) is 17.5 Å². The number of sulfone groups is 1. The van der Waals surface area contributed by atoms with E-state index in [1.165, 1.54) is 11.1 Å². The third kappa shape index (κ3) is 3.30. The Morgan fingerprint density at radius 1 is 1.29 bits per heavy atom. The second kappa shape index (κ2) is 4.78. The molecule has 1 unspecified atom stereocenters. The second-order valence-corrected chi connectivity index (χ2v) is 7.19. The Balaban J connectivity index is 1.98. The van der Waals surface area contributed by atoms with Crippen LogP contribution in [0.25, 0.3) is 0 Å².